The lowest BCUT2D eigenvalue weighted by Crippen LogP contribution is -2.57. The van der Waals surface area contributed by atoms with Crippen molar-refractivity contribution in [3.05, 3.63) is 35.9 Å². The van der Waals surface area contributed by atoms with Gasteiger partial charge in [-0.3, -0.25) is 0 Å². The van der Waals surface area contributed by atoms with Gasteiger partial charge >= 0.3 is 0 Å². The molecule has 2 unspecified atom stereocenters. The van der Waals surface area contributed by atoms with E-state index >= 15 is 0 Å². The van der Waals surface area contributed by atoms with E-state index in [0.717, 1.165) is 23.3 Å². The molecule has 0 saturated heterocycles. The lowest BCUT2D eigenvalue weighted by molar-refractivity contribution is -0.0511. The number of anilines is 1. The number of fused-ring (bicyclic) bond motifs is 1. The highest BCUT2D eigenvalue weighted by Crippen LogP contribution is 2.42. The molecule has 0 spiro atoms. The number of aliphatic hydroxyl groups excluding tert-OH is 1. The highest BCUT2D eigenvalue weighted by atomic mass is 16.3. The van der Waals surface area contributed by atoms with Crippen molar-refractivity contribution in [2.75, 3.05) is 5.32 Å². The van der Waals surface area contributed by atoms with E-state index < -0.39 is 0 Å². The first-order valence-electron chi connectivity index (χ1n) is 6.79. The summed E-state index contributed by atoms with van der Waals surface area (Å²) in [5.41, 5.74) is 2.07. The molecule has 100 valence electrons. The van der Waals surface area contributed by atoms with Crippen LogP contribution in [-0.4, -0.2) is 22.2 Å². The molecule has 2 N–H and O–H groups in total. The van der Waals surface area contributed by atoms with Gasteiger partial charge in [-0.1, -0.05) is 32.0 Å². The van der Waals surface area contributed by atoms with Crippen molar-refractivity contribution in [3.63, 3.8) is 0 Å². The predicted molar refractivity (Wildman–Crippen MR) is 78.3 cm³/mol. The highest BCUT2D eigenvalue weighted by molar-refractivity contribution is 5.81. The molecule has 2 aromatic rings. The molecule has 0 aliphatic heterocycles. The van der Waals surface area contributed by atoms with Crippen molar-refractivity contribution in [1.82, 2.24) is 4.98 Å². The second kappa shape index (κ2) is 4.20. The Morgan fingerprint density at radius 1 is 1.32 bits per heavy atom. The molecule has 3 nitrogen and oxygen atoms in total. The number of nitrogens with zero attached hydrogens (tertiary/aromatic N) is 1. The maximum atomic E-state index is 9.80. The van der Waals surface area contributed by atoms with E-state index in [1.807, 2.05) is 18.2 Å². The van der Waals surface area contributed by atoms with E-state index in [0.29, 0.717) is 0 Å². The Morgan fingerprint density at radius 3 is 2.74 bits per heavy atom. The number of para-hydroxylation sites is 1. The maximum Gasteiger partial charge on any atom is 0.129 e. The first-order chi connectivity index (χ1) is 8.98. The molecule has 0 radical (unpaired) electrons. The third-order valence-electron chi connectivity index (χ3n) is 4.44. The van der Waals surface area contributed by atoms with Gasteiger partial charge in [0.15, 0.2) is 0 Å². The molecule has 1 heterocycles. The van der Waals surface area contributed by atoms with E-state index in [2.05, 4.69) is 38.2 Å². The second-order valence-corrected chi connectivity index (χ2v) is 6.12. The van der Waals surface area contributed by atoms with Crippen LogP contribution in [0.2, 0.25) is 0 Å². The van der Waals surface area contributed by atoms with Gasteiger partial charge in [-0.25, -0.2) is 4.98 Å². The van der Waals surface area contributed by atoms with Crippen LogP contribution in [0.3, 0.4) is 0 Å². The number of nitrogens with one attached hydrogen (secondary N) is 1. The fourth-order valence-corrected chi connectivity index (χ4v) is 2.68. The summed E-state index contributed by atoms with van der Waals surface area (Å²) in [5, 5.41) is 14.5. The molecule has 3 heteroatoms. The number of aromatic nitrogens is 1. The summed E-state index contributed by atoms with van der Waals surface area (Å²) in [4.78, 5) is 4.69. The van der Waals surface area contributed by atoms with Crippen LogP contribution in [0.1, 0.15) is 25.8 Å². The van der Waals surface area contributed by atoms with E-state index in [9.17, 15) is 5.11 Å². The molecule has 3 rings (SSSR count). The average molecular weight is 256 g/mol. The normalized spacial score (nSPS) is 25.1. The number of hydrogen-bond acceptors (Lipinski definition) is 3. The summed E-state index contributed by atoms with van der Waals surface area (Å²) in [5.74, 6) is 0.934. The molecular weight excluding hydrogens is 236 g/mol. The van der Waals surface area contributed by atoms with Crippen LogP contribution in [0.15, 0.2) is 30.3 Å². The van der Waals surface area contributed by atoms with Gasteiger partial charge in [0.05, 0.1) is 11.6 Å². The molecule has 1 aliphatic rings. The van der Waals surface area contributed by atoms with Gasteiger partial charge in [0.25, 0.3) is 0 Å². The Hall–Kier alpha value is -1.61. The Balaban J connectivity index is 1.91. The number of aliphatic hydroxyl groups is 1. The maximum absolute atomic E-state index is 9.80. The predicted octanol–water partition coefficient (Wildman–Crippen LogP) is 3.11. The SMILES string of the molecule is Cc1cc2ccccc2nc1NC1CC(O)C1(C)C. The minimum Gasteiger partial charge on any atom is -0.392 e. The topological polar surface area (TPSA) is 45.2 Å². The first-order valence-corrected chi connectivity index (χ1v) is 6.79. The molecular formula is C16H20N2O. The summed E-state index contributed by atoms with van der Waals surface area (Å²) >= 11 is 0. The third-order valence-corrected chi connectivity index (χ3v) is 4.44. The summed E-state index contributed by atoms with van der Waals surface area (Å²) in [6.45, 7) is 6.26. The minimum absolute atomic E-state index is 0.0836. The molecule has 0 amide bonds. The zero-order valence-corrected chi connectivity index (χ0v) is 11.6. The Labute approximate surface area is 113 Å². The van der Waals surface area contributed by atoms with Crippen LogP contribution >= 0.6 is 0 Å². The van der Waals surface area contributed by atoms with Crippen LogP contribution < -0.4 is 5.32 Å². The smallest absolute Gasteiger partial charge is 0.129 e. The molecule has 19 heavy (non-hydrogen) atoms. The summed E-state index contributed by atoms with van der Waals surface area (Å²) in [7, 11) is 0. The van der Waals surface area contributed by atoms with E-state index in [4.69, 9.17) is 4.98 Å². The van der Waals surface area contributed by atoms with Crippen molar-refractivity contribution in [2.45, 2.75) is 39.3 Å². The third kappa shape index (κ3) is 1.98. The Kier molecular flexibility index (Phi) is 2.75. The molecule has 1 aromatic carbocycles. The number of aryl methyl sites for hydroxylation is 1. The zero-order valence-electron chi connectivity index (χ0n) is 11.6. The van der Waals surface area contributed by atoms with Crippen molar-refractivity contribution >= 4 is 16.7 Å². The van der Waals surface area contributed by atoms with Gasteiger partial charge in [0.2, 0.25) is 0 Å². The van der Waals surface area contributed by atoms with Gasteiger partial charge in [-0.2, -0.15) is 0 Å². The average Bonchev–Trinajstić information content (AvgIpc) is 2.39. The quantitative estimate of drug-likeness (QED) is 0.867. The lowest BCUT2D eigenvalue weighted by Gasteiger charge is -2.49. The number of pyridine rings is 1. The molecule has 1 aromatic heterocycles. The Bertz CT molecular complexity index is 621. The van der Waals surface area contributed by atoms with Crippen molar-refractivity contribution in [3.8, 4) is 0 Å². The van der Waals surface area contributed by atoms with Crippen molar-refractivity contribution in [1.29, 1.82) is 0 Å². The van der Waals surface area contributed by atoms with Gasteiger partial charge in [0.1, 0.15) is 5.82 Å². The molecule has 1 aliphatic carbocycles. The fourth-order valence-electron chi connectivity index (χ4n) is 2.68. The highest BCUT2D eigenvalue weighted by Gasteiger charge is 2.47. The Morgan fingerprint density at radius 2 is 2.05 bits per heavy atom. The van der Waals surface area contributed by atoms with E-state index in [-0.39, 0.29) is 17.6 Å². The number of rotatable bonds is 2. The van der Waals surface area contributed by atoms with Crippen LogP contribution in [0.5, 0.6) is 0 Å². The lowest BCUT2D eigenvalue weighted by atomic mass is 9.64. The van der Waals surface area contributed by atoms with Gasteiger partial charge in [-0.05, 0) is 31.0 Å². The van der Waals surface area contributed by atoms with Crippen LogP contribution in [0.4, 0.5) is 5.82 Å². The molecule has 2 atom stereocenters. The van der Waals surface area contributed by atoms with E-state index in [1.54, 1.807) is 0 Å². The number of hydrogen-bond donors (Lipinski definition) is 2. The van der Waals surface area contributed by atoms with Gasteiger partial charge in [0, 0.05) is 16.8 Å². The first kappa shape index (κ1) is 12.4. The van der Waals surface area contributed by atoms with Gasteiger partial charge < -0.3 is 10.4 Å². The van der Waals surface area contributed by atoms with Crippen molar-refractivity contribution in [2.24, 2.45) is 5.41 Å². The standard InChI is InChI=1S/C16H20N2O/c1-10-8-11-6-4-5-7-12(11)17-15(10)18-13-9-14(19)16(13,2)3/h4-8,13-14,19H,9H2,1-3H3,(H,17,18). The minimum atomic E-state index is -0.217. The van der Waals surface area contributed by atoms with Crippen LogP contribution in [0.25, 0.3) is 10.9 Å². The largest absolute Gasteiger partial charge is 0.392 e. The van der Waals surface area contributed by atoms with Gasteiger partial charge in [-0.15, -0.1) is 0 Å². The molecule has 1 saturated carbocycles. The van der Waals surface area contributed by atoms with Crippen LogP contribution in [0, 0.1) is 12.3 Å². The van der Waals surface area contributed by atoms with Crippen molar-refractivity contribution < 1.29 is 5.11 Å². The number of benzene rings is 1. The van der Waals surface area contributed by atoms with E-state index in [1.165, 1.54) is 5.39 Å². The monoisotopic (exact) mass is 256 g/mol. The van der Waals surface area contributed by atoms with Crippen LogP contribution in [-0.2, 0) is 0 Å². The summed E-state index contributed by atoms with van der Waals surface area (Å²) < 4.78 is 0. The fraction of sp³-hybridized carbons (Fsp3) is 0.438. The zero-order chi connectivity index (χ0) is 13.6. The summed E-state index contributed by atoms with van der Waals surface area (Å²) in [6, 6.07) is 10.6. The molecule has 0 bridgehead atoms. The molecule has 1 fully saturated rings. The summed E-state index contributed by atoms with van der Waals surface area (Å²) in [6.07, 6.45) is 0.576. The second-order valence-electron chi connectivity index (χ2n) is 6.12.